The van der Waals surface area contributed by atoms with Crippen LogP contribution in [-0.2, 0) is 6.42 Å². The highest BCUT2D eigenvalue weighted by Crippen LogP contribution is 2.09. The van der Waals surface area contributed by atoms with Crippen molar-refractivity contribution in [2.24, 2.45) is 11.7 Å². The Bertz CT molecular complexity index is 329. The zero-order chi connectivity index (χ0) is 12.0. The topological polar surface area (TPSA) is 38.0 Å². The first-order valence-electron chi connectivity index (χ1n) is 5.48. The van der Waals surface area contributed by atoms with Gasteiger partial charge in [0.1, 0.15) is 11.6 Å². The first-order valence-corrected chi connectivity index (χ1v) is 5.48. The molecule has 1 aromatic rings. The van der Waals surface area contributed by atoms with E-state index in [0.717, 1.165) is 18.7 Å². The summed E-state index contributed by atoms with van der Waals surface area (Å²) >= 11 is 0. The van der Waals surface area contributed by atoms with Crippen molar-refractivity contribution in [3.63, 3.8) is 0 Å². The average Bonchev–Trinajstić information content (AvgIpc) is 2.28. The largest absolute Gasteiger partial charge is 0.330 e. The molecule has 0 saturated carbocycles. The maximum Gasteiger partial charge on any atom is 0.126 e. The van der Waals surface area contributed by atoms with E-state index < -0.39 is 5.82 Å². The second-order valence-corrected chi connectivity index (χ2v) is 4.03. The summed E-state index contributed by atoms with van der Waals surface area (Å²) in [6.45, 7) is 4.09. The number of nitrogens with one attached hydrogen (secondary N) is 1. The molecule has 1 atom stereocenters. The molecule has 0 amide bonds. The second-order valence-electron chi connectivity index (χ2n) is 4.03. The molecule has 4 heteroatoms. The van der Waals surface area contributed by atoms with Gasteiger partial charge in [-0.3, -0.25) is 0 Å². The molecule has 0 saturated heterocycles. The number of nitrogens with two attached hydrogens (primary N) is 1. The van der Waals surface area contributed by atoms with Crippen LogP contribution in [0, 0.1) is 17.6 Å². The third-order valence-electron chi connectivity index (χ3n) is 2.47. The van der Waals surface area contributed by atoms with Crippen molar-refractivity contribution in [3.05, 3.63) is 35.4 Å². The Hall–Kier alpha value is -1.00. The van der Waals surface area contributed by atoms with Crippen LogP contribution in [-0.4, -0.2) is 19.6 Å². The van der Waals surface area contributed by atoms with Gasteiger partial charge < -0.3 is 11.1 Å². The summed E-state index contributed by atoms with van der Waals surface area (Å²) in [4.78, 5) is 0. The van der Waals surface area contributed by atoms with Gasteiger partial charge in [0, 0.05) is 0 Å². The van der Waals surface area contributed by atoms with Crippen molar-refractivity contribution >= 4 is 0 Å². The van der Waals surface area contributed by atoms with Gasteiger partial charge in [-0.15, -0.1) is 0 Å². The van der Waals surface area contributed by atoms with Crippen molar-refractivity contribution in [2.45, 2.75) is 13.3 Å². The van der Waals surface area contributed by atoms with Gasteiger partial charge in [-0.05, 0) is 55.7 Å². The fraction of sp³-hybridized carbons (Fsp3) is 0.500. The molecule has 0 fully saturated rings. The van der Waals surface area contributed by atoms with Gasteiger partial charge in [0.05, 0.1) is 0 Å². The summed E-state index contributed by atoms with van der Waals surface area (Å²) in [5.74, 6) is -0.348. The van der Waals surface area contributed by atoms with E-state index in [1.165, 1.54) is 6.07 Å². The molecule has 1 rings (SSSR count). The maximum absolute atomic E-state index is 13.2. The average molecular weight is 228 g/mol. The van der Waals surface area contributed by atoms with Gasteiger partial charge >= 0.3 is 0 Å². The van der Waals surface area contributed by atoms with Crippen molar-refractivity contribution in [2.75, 3.05) is 19.6 Å². The molecular weight excluding hydrogens is 210 g/mol. The minimum atomic E-state index is -0.397. The number of hydrogen-bond acceptors (Lipinski definition) is 2. The third-order valence-corrected chi connectivity index (χ3v) is 2.47. The molecule has 0 aliphatic carbocycles. The number of halogens is 2. The molecule has 0 spiro atoms. The Balaban J connectivity index is 2.34. The molecule has 2 nitrogen and oxygen atoms in total. The van der Waals surface area contributed by atoms with Crippen LogP contribution < -0.4 is 11.1 Å². The van der Waals surface area contributed by atoms with Crippen LogP contribution in [0.2, 0.25) is 0 Å². The lowest BCUT2D eigenvalue weighted by Crippen LogP contribution is -2.27. The molecule has 3 N–H and O–H groups in total. The van der Waals surface area contributed by atoms with Crippen LogP contribution >= 0.6 is 0 Å². The van der Waals surface area contributed by atoms with E-state index >= 15 is 0 Å². The molecular formula is C12H18F2N2. The van der Waals surface area contributed by atoms with Crippen LogP contribution in [0.4, 0.5) is 8.78 Å². The van der Waals surface area contributed by atoms with E-state index in [1.54, 1.807) is 0 Å². The summed E-state index contributed by atoms with van der Waals surface area (Å²) in [5.41, 5.74) is 5.87. The van der Waals surface area contributed by atoms with Gasteiger partial charge in [-0.1, -0.05) is 6.92 Å². The molecule has 0 aliphatic rings. The quantitative estimate of drug-likeness (QED) is 0.727. The lowest BCUT2D eigenvalue weighted by molar-refractivity contribution is 0.518. The van der Waals surface area contributed by atoms with E-state index in [9.17, 15) is 8.78 Å². The van der Waals surface area contributed by atoms with Gasteiger partial charge in [-0.25, -0.2) is 8.78 Å². The number of hydrogen-bond donors (Lipinski definition) is 2. The summed E-state index contributed by atoms with van der Waals surface area (Å²) in [6, 6.07) is 3.53. The normalized spacial score (nSPS) is 12.8. The molecule has 0 radical (unpaired) electrons. The molecule has 1 unspecified atom stereocenters. The predicted octanol–water partition coefficient (Wildman–Crippen LogP) is 1.69. The highest BCUT2D eigenvalue weighted by molar-refractivity contribution is 5.18. The molecule has 90 valence electrons. The first-order chi connectivity index (χ1) is 7.63. The SMILES string of the molecule is CC(CN)CNCCc1cc(F)ccc1F. The Kier molecular flexibility index (Phi) is 5.35. The van der Waals surface area contributed by atoms with Gasteiger partial charge in [-0.2, -0.15) is 0 Å². The lowest BCUT2D eigenvalue weighted by atomic mass is 10.1. The Morgan fingerprint density at radius 2 is 2.12 bits per heavy atom. The number of benzene rings is 1. The highest BCUT2D eigenvalue weighted by Gasteiger charge is 2.04. The van der Waals surface area contributed by atoms with E-state index in [0.29, 0.717) is 31.0 Å². The Morgan fingerprint density at radius 1 is 1.38 bits per heavy atom. The van der Waals surface area contributed by atoms with Crippen molar-refractivity contribution < 1.29 is 8.78 Å². The van der Waals surface area contributed by atoms with Crippen molar-refractivity contribution in [3.8, 4) is 0 Å². The summed E-state index contributed by atoms with van der Waals surface area (Å²) in [6.07, 6.45) is 0.487. The maximum atomic E-state index is 13.2. The zero-order valence-corrected chi connectivity index (χ0v) is 9.47. The molecule has 0 bridgehead atoms. The Labute approximate surface area is 94.8 Å². The monoisotopic (exact) mass is 228 g/mol. The summed E-state index contributed by atoms with van der Waals surface area (Å²) in [7, 11) is 0. The highest BCUT2D eigenvalue weighted by atomic mass is 19.1. The van der Waals surface area contributed by atoms with E-state index in [4.69, 9.17) is 5.73 Å². The fourth-order valence-corrected chi connectivity index (χ4v) is 1.39. The molecule has 1 aromatic carbocycles. The van der Waals surface area contributed by atoms with E-state index in [-0.39, 0.29) is 5.82 Å². The minimum absolute atomic E-state index is 0.352. The number of rotatable bonds is 6. The van der Waals surface area contributed by atoms with Crippen LogP contribution in [0.1, 0.15) is 12.5 Å². The second kappa shape index (κ2) is 6.55. The van der Waals surface area contributed by atoms with Gasteiger partial charge in [0.2, 0.25) is 0 Å². The van der Waals surface area contributed by atoms with E-state index in [1.807, 2.05) is 6.92 Å². The van der Waals surface area contributed by atoms with Crippen LogP contribution in [0.5, 0.6) is 0 Å². The van der Waals surface area contributed by atoms with Crippen LogP contribution in [0.3, 0.4) is 0 Å². The first kappa shape index (κ1) is 13.1. The molecule has 0 heterocycles. The van der Waals surface area contributed by atoms with Gasteiger partial charge in [0.15, 0.2) is 0 Å². The van der Waals surface area contributed by atoms with Crippen LogP contribution in [0.15, 0.2) is 18.2 Å². The third kappa shape index (κ3) is 4.24. The summed E-state index contributed by atoms with van der Waals surface area (Å²) in [5, 5.41) is 3.16. The van der Waals surface area contributed by atoms with E-state index in [2.05, 4.69) is 5.32 Å². The van der Waals surface area contributed by atoms with Gasteiger partial charge in [0.25, 0.3) is 0 Å². The minimum Gasteiger partial charge on any atom is -0.330 e. The standard InChI is InChI=1S/C12H18F2N2/c1-9(7-15)8-16-5-4-10-6-11(13)2-3-12(10)14/h2-3,6,9,16H,4-5,7-8,15H2,1H3. The van der Waals surface area contributed by atoms with Crippen LogP contribution in [0.25, 0.3) is 0 Å². The molecule has 0 aromatic heterocycles. The van der Waals surface area contributed by atoms with Crippen molar-refractivity contribution in [1.29, 1.82) is 0 Å². The predicted molar refractivity (Wildman–Crippen MR) is 61.2 cm³/mol. The Morgan fingerprint density at radius 3 is 2.81 bits per heavy atom. The molecule has 0 aliphatic heterocycles. The fourth-order valence-electron chi connectivity index (χ4n) is 1.39. The lowest BCUT2D eigenvalue weighted by Gasteiger charge is -2.10. The smallest absolute Gasteiger partial charge is 0.126 e. The van der Waals surface area contributed by atoms with Crippen molar-refractivity contribution in [1.82, 2.24) is 5.32 Å². The summed E-state index contributed by atoms with van der Waals surface area (Å²) < 4.78 is 26.0. The molecule has 16 heavy (non-hydrogen) atoms. The zero-order valence-electron chi connectivity index (χ0n) is 9.47.